The Morgan fingerprint density at radius 3 is 2.84 bits per heavy atom. The molecule has 0 aromatic heterocycles. The summed E-state index contributed by atoms with van der Waals surface area (Å²) < 4.78 is 4.67. The molecule has 0 amide bonds. The molecule has 7 nitrogen and oxygen atoms in total. The van der Waals surface area contributed by atoms with E-state index in [0.717, 1.165) is 0 Å². The van der Waals surface area contributed by atoms with Gasteiger partial charge in [-0.15, -0.1) is 0 Å². The van der Waals surface area contributed by atoms with Crippen LogP contribution in [-0.4, -0.2) is 41.8 Å². The maximum atomic E-state index is 11.7. The summed E-state index contributed by atoms with van der Waals surface area (Å²) in [5.41, 5.74) is 0.227. The molecule has 1 fully saturated rings. The smallest absolute Gasteiger partial charge is 0.328 e. The van der Waals surface area contributed by atoms with Crippen molar-refractivity contribution < 1.29 is 19.6 Å². The van der Waals surface area contributed by atoms with Crippen LogP contribution in [0, 0.1) is 10.1 Å². The van der Waals surface area contributed by atoms with Crippen LogP contribution in [0.15, 0.2) is 24.3 Å². The van der Waals surface area contributed by atoms with Crippen molar-refractivity contribution in [2.75, 3.05) is 18.6 Å². The number of carbonyl (C=O) groups excluding carboxylic acids is 1. The number of aliphatic hydroxyl groups is 1. The molecule has 1 aliphatic rings. The number of nitrogens with zero attached hydrogens (tertiary/aromatic N) is 2. The van der Waals surface area contributed by atoms with Crippen LogP contribution in [0.25, 0.3) is 0 Å². The Balaban J connectivity index is 2.39. The lowest BCUT2D eigenvalue weighted by atomic mass is 10.2. The van der Waals surface area contributed by atoms with E-state index in [-0.39, 0.29) is 18.7 Å². The van der Waals surface area contributed by atoms with Crippen LogP contribution in [0.1, 0.15) is 6.42 Å². The minimum Gasteiger partial charge on any atom is -0.467 e. The van der Waals surface area contributed by atoms with Gasteiger partial charge in [-0.3, -0.25) is 10.1 Å². The number of ether oxygens (including phenoxy) is 1. The number of esters is 1. The summed E-state index contributed by atoms with van der Waals surface area (Å²) in [6.07, 6.45) is -0.498. The van der Waals surface area contributed by atoms with Crippen molar-refractivity contribution in [2.45, 2.75) is 18.6 Å². The molecule has 1 aromatic carbocycles. The van der Waals surface area contributed by atoms with Gasteiger partial charge in [0.1, 0.15) is 11.7 Å². The first-order chi connectivity index (χ1) is 9.04. The fourth-order valence-corrected chi connectivity index (χ4v) is 2.30. The minimum atomic E-state index is -0.705. The highest BCUT2D eigenvalue weighted by atomic mass is 16.6. The van der Waals surface area contributed by atoms with Crippen molar-refractivity contribution in [3.63, 3.8) is 0 Å². The summed E-state index contributed by atoms with van der Waals surface area (Å²) in [6.45, 7) is 0.171. The highest BCUT2D eigenvalue weighted by molar-refractivity contribution is 5.82. The number of methoxy groups -OCH3 is 1. The number of carbonyl (C=O) groups is 1. The Kier molecular flexibility index (Phi) is 3.66. The zero-order valence-corrected chi connectivity index (χ0v) is 10.4. The van der Waals surface area contributed by atoms with Crippen LogP contribution in [0.4, 0.5) is 11.4 Å². The zero-order chi connectivity index (χ0) is 14.0. The molecule has 0 bridgehead atoms. The second-order valence-electron chi connectivity index (χ2n) is 4.33. The molecule has 0 saturated carbocycles. The molecule has 0 aliphatic carbocycles. The summed E-state index contributed by atoms with van der Waals surface area (Å²) >= 11 is 0. The Labute approximate surface area is 109 Å². The first-order valence-electron chi connectivity index (χ1n) is 5.80. The molecule has 7 heteroatoms. The first kappa shape index (κ1) is 13.3. The molecule has 2 atom stereocenters. The number of hydrogen-bond acceptors (Lipinski definition) is 6. The van der Waals surface area contributed by atoms with Crippen molar-refractivity contribution in [3.8, 4) is 0 Å². The van der Waals surface area contributed by atoms with Gasteiger partial charge in [0, 0.05) is 19.0 Å². The van der Waals surface area contributed by atoms with E-state index < -0.39 is 23.0 Å². The molecule has 1 aromatic rings. The molecule has 1 aliphatic heterocycles. The monoisotopic (exact) mass is 266 g/mol. The predicted molar refractivity (Wildman–Crippen MR) is 66.9 cm³/mol. The third kappa shape index (κ3) is 2.50. The lowest BCUT2D eigenvalue weighted by molar-refractivity contribution is -0.384. The Morgan fingerprint density at radius 1 is 1.53 bits per heavy atom. The SMILES string of the molecule is COC(=O)C1C[C@H](O)CN1c1ccccc1[N+](=O)[O-]. The van der Waals surface area contributed by atoms with Crippen LogP contribution in [0.2, 0.25) is 0 Å². The lowest BCUT2D eigenvalue weighted by Gasteiger charge is -2.23. The van der Waals surface area contributed by atoms with Crippen molar-refractivity contribution in [1.82, 2.24) is 0 Å². The molecular weight excluding hydrogens is 252 g/mol. The number of para-hydroxylation sites is 2. The number of aliphatic hydroxyl groups excluding tert-OH is 1. The van der Waals surface area contributed by atoms with Crippen LogP contribution >= 0.6 is 0 Å². The van der Waals surface area contributed by atoms with Gasteiger partial charge in [-0.1, -0.05) is 12.1 Å². The van der Waals surface area contributed by atoms with Gasteiger partial charge in [0.2, 0.25) is 0 Å². The van der Waals surface area contributed by atoms with E-state index in [1.54, 1.807) is 18.2 Å². The van der Waals surface area contributed by atoms with Gasteiger partial charge < -0.3 is 14.7 Å². The maximum absolute atomic E-state index is 11.7. The van der Waals surface area contributed by atoms with Gasteiger partial charge in [0.15, 0.2) is 0 Å². The number of nitro groups is 1. The molecular formula is C12H14N2O5. The third-order valence-electron chi connectivity index (χ3n) is 3.14. The standard InChI is InChI=1S/C12H14N2O5/c1-19-12(16)11-6-8(15)7-13(11)9-4-2-3-5-10(9)14(17)18/h2-5,8,11,15H,6-7H2,1H3/t8-,11?/m0/s1. The summed E-state index contributed by atoms with van der Waals surface area (Å²) in [5.74, 6) is -0.505. The van der Waals surface area contributed by atoms with Crippen molar-refractivity contribution in [3.05, 3.63) is 34.4 Å². The number of benzene rings is 1. The Morgan fingerprint density at radius 2 is 2.21 bits per heavy atom. The van der Waals surface area contributed by atoms with E-state index in [0.29, 0.717) is 5.69 Å². The molecule has 2 rings (SSSR count). The van der Waals surface area contributed by atoms with Gasteiger partial charge in [-0.05, 0) is 6.07 Å². The number of hydrogen-bond donors (Lipinski definition) is 1. The molecule has 102 valence electrons. The second-order valence-corrected chi connectivity index (χ2v) is 4.33. The molecule has 1 heterocycles. The topological polar surface area (TPSA) is 92.9 Å². The molecule has 1 saturated heterocycles. The van der Waals surface area contributed by atoms with Crippen LogP contribution < -0.4 is 4.90 Å². The van der Waals surface area contributed by atoms with E-state index in [4.69, 9.17) is 0 Å². The zero-order valence-electron chi connectivity index (χ0n) is 10.4. The lowest BCUT2D eigenvalue weighted by Crippen LogP contribution is -2.37. The molecule has 1 unspecified atom stereocenters. The fourth-order valence-electron chi connectivity index (χ4n) is 2.30. The largest absolute Gasteiger partial charge is 0.467 e. The molecule has 19 heavy (non-hydrogen) atoms. The van der Waals surface area contributed by atoms with Gasteiger partial charge in [0.25, 0.3) is 5.69 Å². The van der Waals surface area contributed by atoms with E-state index in [9.17, 15) is 20.0 Å². The van der Waals surface area contributed by atoms with Gasteiger partial charge in [0.05, 0.1) is 18.1 Å². The Bertz CT molecular complexity index is 505. The third-order valence-corrected chi connectivity index (χ3v) is 3.14. The highest BCUT2D eigenvalue weighted by Gasteiger charge is 2.39. The maximum Gasteiger partial charge on any atom is 0.328 e. The number of rotatable bonds is 3. The molecule has 0 spiro atoms. The van der Waals surface area contributed by atoms with Crippen LogP contribution in [-0.2, 0) is 9.53 Å². The number of anilines is 1. The van der Waals surface area contributed by atoms with E-state index in [1.807, 2.05) is 0 Å². The quantitative estimate of drug-likeness (QED) is 0.492. The van der Waals surface area contributed by atoms with Gasteiger partial charge in [-0.2, -0.15) is 0 Å². The molecule has 1 N–H and O–H groups in total. The van der Waals surface area contributed by atoms with Crippen molar-refractivity contribution >= 4 is 17.3 Å². The number of nitro benzene ring substituents is 1. The normalized spacial score (nSPS) is 22.3. The average molecular weight is 266 g/mol. The van der Waals surface area contributed by atoms with E-state index >= 15 is 0 Å². The predicted octanol–water partition coefficient (Wildman–Crippen LogP) is 0.707. The fraction of sp³-hybridized carbons (Fsp3) is 0.417. The summed E-state index contributed by atoms with van der Waals surface area (Å²) in [6, 6.07) is 5.45. The van der Waals surface area contributed by atoms with E-state index in [1.165, 1.54) is 18.1 Å². The summed E-state index contributed by atoms with van der Waals surface area (Å²) in [4.78, 5) is 23.7. The summed E-state index contributed by atoms with van der Waals surface area (Å²) in [7, 11) is 1.25. The minimum absolute atomic E-state index is 0.0921. The van der Waals surface area contributed by atoms with Crippen LogP contribution in [0.3, 0.4) is 0 Å². The first-order valence-corrected chi connectivity index (χ1v) is 5.80. The van der Waals surface area contributed by atoms with Gasteiger partial charge >= 0.3 is 5.97 Å². The van der Waals surface area contributed by atoms with Crippen molar-refractivity contribution in [2.24, 2.45) is 0 Å². The summed E-state index contributed by atoms with van der Waals surface area (Å²) in [5, 5.41) is 20.7. The Hall–Kier alpha value is -2.15. The van der Waals surface area contributed by atoms with Gasteiger partial charge in [-0.25, -0.2) is 4.79 Å². The van der Waals surface area contributed by atoms with Crippen molar-refractivity contribution in [1.29, 1.82) is 0 Å². The number of β-amino-alcohol motifs (C(OH)–C–C–N with tert-alkyl or cyclic N) is 1. The van der Waals surface area contributed by atoms with Crippen LogP contribution in [0.5, 0.6) is 0 Å². The highest BCUT2D eigenvalue weighted by Crippen LogP contribution is 2.33. The second kappa shape index (κ2) is 5.23. The average Bonchev–Trinajstić information content (AvgIpc) is 2.79. The molecule has 0 radical (unpaired) electrons. The van der Waals surface area contributed by atoms with E-state index in [2.05, 4.69) is 4.74 Å².